The van der Waals surface area contributed by atoms with Gasteiger partial charge in [0, 0.05) is 13.1 Å². The van der Waals surface area contributed by atoms with Crippen LogP contribution in [0, 0.1) is 0 Å². The zero-order valence-corrected chi connectivity index (χ0v) is 17.9. The van der Waals surface area contributed by atoms with Crippen LogP contribution in [0.3, 0.4) is 0 Å². The highest BCUT2D eigenvalue weighted by atomic mass is 16.5. The van der Waals surface area contributed by atoms with Gasteiger partial charge < -0.3 is 25.4 Å². The predicted molar refractivity (Wildman–Crippen MR) is 120 cm³/mol. The first-order valence-corrected chi connectivity index (χ1v) is 10.3. The number of nitrogens with zero attached hydrogens (tertiary/aromatic N) is 2. The number of rotatable bonds is 12. The Morgan fingerprint density at radius 2 is 1.79 bits per heavy atom. The molecule has 158 valence electrons. The first-order chi connectivity index (χ1) is 14.2. The molecule has 29 heavy (non-hydrogen) atoms. The van der Waals surface area contributed by atoms with Crippen molar-refractivity contribution in [1.29, 1.82) is 0 Å². The molecule has 0 aliphatic heterocycles. The van der Waals surface area contributed by atoms with Crippen LogP contribution >= 0.6 is 0 Å². The molecule has 0 aromatic heterocycles. The van der Waals surface area contributed by atoms with Crippen LogP contribution in [0.2, 0.25) is 0 Å². The molecule has 0 amide bonds. The van der Waals surface area contributed by atoms with Crippen LogP contribution in [-0.2, 0) is 13.0 Å². The lowest BCUT2D eigenvalue weighted by Gasteiger charge is -2.18. The average Bonchev–Trinajstić information content (AvgIpc) is 2.76. The highest BCUT2D eigenvalue weighted by Gasteiger charge is 2.07. The molecule has 0 unspecified atom stereocenters. The van der Waals surface area contributed by atoms with Gasteiger partial charge in [-0.3, -0.25) is 0 Å². The number of aliphatic imine (C=N–C) groups is 1. The van der Waals surface area contributed by atoms with Crippen molar-refractivity contribution in [3.63, 3.8) is 0 Å². The van der Waals surface area contributed by atoms with Gasteiger partial charge in [0.2, 0.25) is 0 Å². The van der Waals surface area contributed by atoms with Gasteiger partial charge in [-0.1, -0.05) is 50.2 Å². The maximum atomic E-state index is 5.98. The zero-order valence-electron chi connectivity index (χ0n) is 17.9. The first kappa shape index (κ1) is 22.6. The Morgan fingerprint density at radius 3 is 2.48 bits per heavy atom. The van der Waals surface area contributed by atoms with Crippen LogP contribution in [0.5, 0.6) is 11.5 Å². The van der Waals surface area contributed by atoms with Gasteiger partial charge in [-0.15, -0.1) is 0 Å². The first-order valence-electron chi connectivity index (χ1n) is 10.3. The van der Waals surface area contributed by atoms with E-state index in [1.54, 1.807) is 7.11 Å². The van der Waals surface area contributed by atoms with E-state index in [2.05, 4.69) is 41.2 Å². The molecular weight excluding hydrogens is 364 g/mol. The SMILES string of the molecule is CCN(CC)CCOc1ccc(CN=C(N)NCCc2ccccc2)cc1OC. The quantitative estimate of drug-likeness (QED) is 0.425. The summed E-state index contributed by atoms with van der Waals surface area (Å²) >= 11 is 0. The average molecular weight is 399 g/mol. The summed E-state index contributed by atoms with van der Waals surface area (Å²) in [6.07, 6.45) is 0.907. The van der Waals surface area contributed by atoms with Gasteiger partial charge in [0.05, 0.1) is 13.7 Å². The molecule has 0 bridgehead atoms. The predicted octanol–water partition coefficient (Wildman–Crippen LogP) is 3.06. The van der Waals surface area contributed by atoms with Crippen LogP contribution in [0.4, 0.5) is 0 Å². The Balaban J connectivity index is 1.82. The van der Waals surface area contributed by atoms with E-state index in [1.165, 1.54) is 5.56 Å². The summed E-state index contributed by atoms with van der Waals surface area (Å²) in [4.78, 5) is 6.74. The molecule has 6 nitrogen and oxygen atoms in total. The second-order valence-electron chi connectivity index (χ2n) is 6.72. The summed E-state index contributed by atoms with van der Waals surface area (Å²) in [5.74, 6) is 1.91. The van der Waals surface area contributed by atoms with Gasteiger partial charge >= 0.3 is 0 Å². The molecule has 0 saturated carbocycles. The largest absolute Gasteiger partial charge is 0.493 e. The van der Waals surface area contributed by atoms with E-state index in [0.29, 0.717) is 24.9 Å². The Kier molecular flexibility index (Phi) is 9.86. The lowest BCUT2D eigenvalue weighted by Crippen LogP contribution is -2.33. The van der Waals surface area contributed by atoms with E-state index < -0.39 is 0 Å². The van der Waals surface area contributed by atoms with Crippen molar-refractivity contribution in [3.8, 4) is 11.5 Å². The Hall–Kier alpha value is -2.73. The van der Waals surface area contributed by atoms with Gasteiger partial charge in [0.25, 0.3) is 0 Å². The summed E-state index contributed by atoms with van der Waals surface area (Å²) in [5, 5.41) is 3.16. The molecule has 6 heteroatoms. The smallest absolute Gasteiger partial charge is 0.188 e. The third kappa shape index (κ3) is 8.03. The maximum absolute atomic E-state index is 5.98. The number of nitrogens with one attached hydrogen (secondary N) is 1. The molecule has 0 aliphatic rings. The molecule has 0 aliphatic carbocycles. The van der Waals surface area contributed by atoms with Gasteiger partial charge in [0.15, 0.2) is 17.5 Å². The van der Waals surface area contributed by atoms with Crippen LogP contribution < -0.4 is 20.5 Å². The number of hydrogen-bond acceptors (Lipinski definition) is 4. The number of methoxy groups -OCH3 is 1. The number of ether oxygens (including phenoxy) is 2. The van der Waals surface area contributed by atoms with Crippen molar-refractivity contribution in [3.05, 3.63) is 59.7 Å². The summed E-state index contributed by atoms with van der Waals surface area (Å²) in [7, 11) is 1.65. The number of benzene rings is 2. The highest BCUT2D eigenvalue weighted by Crippen LogP contribution is 2.28. The number of nitrogens with two attached hydrogens (primary N) is 1. The zero-order chi connectivity index (χ0) is 20.9. The van der Waals surface area contributed by atoms with E-state index in [0.717, 1.165) is 43.9 Å². The van der Waals surface area contributed by atoms with E-state index in [1.807, 2.05) is 36.4 Å². The molecule has 2 rings (SSSR count). The second-order valence-corrected chi connectivity index (χ2v) is 6.72. The normalized spacial score (nSPS) is 11.5. The van der Waals surface area contributed by atoms with Crippen LogP contribution in [0.15, 0.2) is 53.5 Å². The van der Waals surface area contributed by atoms with Gasteiger partial charge in [-0.05, 0) is 42.8 Å². The van der Waals surface area contributed by atoms with Crippen molar-refractivity contribution in [2.45, 2.75) is 26.8 Å². The van der Waals surface area contributed by atoms with Crippen LogP contribution in [0.1, 0.15) is 25.0 Å². The summed E-state index contributed by atoms with van der Waals surface area (Å²) in [6.45, 7) is 9.12. The van der Waals surface area contributed by atoms with E-state index in [-0.39, 0.29) is 0 Å². The highest BCUT2D eigenvalue weighted by molar-refractivity contribution is 5.77. The fourth-order valence-electron chi connectivity index (χ4n) is 2.97. The standard InChI is InChI=1S/C23H34N4O2/c1-4-27(5-2)15-16-29-21-12-11-20(17-22(21)28-3)18-26-23(24)25-14-13-19-9-7-6-8-10-19/h6-12,17H,4-5,13-16,18H2,1-3H3,(H3,24,25,26). The molecular formula is C23H34N4O2. The summed E-state index contributed by atoms with van der Waals surface area (Å²) < 4.78 is 11.4. The van der Waals surface area contributed by atoms with Gasteiger partial charge in [-0.25, -0.2) is 4.99 Å². The third-order valence-electron chi connectivity index (χ3n) is 4.78. The Labute approximate surface area is 174 Å². The molecule has 0 heterocycles. The third-order valence-corrected chi connectivity index (χ3v) is 4.78. The molecule has 3 N–H and O–H groups in total. The minimum absolute atomic E-state index is 0.444. The fraction of sp³-hybridized carbons (Fsp3) is 0.435. The van der Waals surface area contributed by atoms with Gasteiger partial charge in [-0.2, -0.15) is 0 Å². The molecule has 0 atom stereocenters. The second kappa shape index (κ2) is 12.7. The Bertz CT molecular complexity index is 746. The van der Waals surface area contributed by atoms with Crippen molar-refractivity contribution in [2.24, 2.45) is 10.7 Å². The molecule has 2 aromatic rings. The molecule has 0 saturated heterocycles. The fourth-order valence-corrected chi connectivity index (χ4v) is 2.97. The molecule has 0 spiro atoms. The molecule has 2 aromatic carbocycles. The van der Waals surface area contributed by atoms with Crippen molar-refractivity contribution in [1.82, 2.24) is 10.2 Å². The van der Waals surface area contributed by atoms with E-state index in [4.69, 9.17) is 15.2 Å². The summed E-state index contributed by atoms with van der Waals surface area (Å²) in [6, 6.07) is 16.2. The summed E-state index contributed by atoms with van der Waals surface area (Å²) in [5.41, 5.74) is 8.28. The van der Waals surface area contributed by atoms with Crippen molar-refractivity contribution in [2.75, 3.05) is 39.9 Å². The van der Waals surface area contributed by atoms with Crippen LogP contribution in [0.25, 0.3) is 0 Å². The lowest BCUT2D eigenvalue weighted by atomic mass is 10.1. The molecule has 0 fully saturated rings. The number of guanidine groups is 1. The maximum Gasteiger partial charge on any atom is 0.188 e. The minimum Gasteiger partial charge on any atom is -0.493 e. The Morgan fingerprint density at radius 1 is 1.03 bits per heavy atom. The van der Waals surface area contributed by atoms with E-state index >= 15 is 0 Å². The van der Waals surface area contributed by atoms with E-state index in [9.17, 15) is 0 Å². The van der Waals surface area contributed by atoms with Crippen molar-refractivity contribution >= 4 is 5.96 Å². The lowest BCUT2D eigenvalue weighted by molar-refractivity contribution is 0.217. The van der Waals surface area contributed by atoms with Crippen LogP contribution in [-0.4, -0.2) is 50.8 Å². The topological polar surface area (TPSA) is 72.1 Å². The van der Waals surface area contributed by atoms with Gasteiger partial charge in [0.1, 0.15) is 6.61 Å². The number of hydrogen-bond donors (Lipinski definition) is 2. The molecule has 0 radical (unpaired) electrons. The number of likely N-dealkylation sites (N-methyl/N-ethyl adjacent to an activating group) is 1. The minimum atomic E-state index is 0.444. The monoisotopic (exact) mass is 398 g/mol. The van der Waals surface area contributed by atoms with Crippen molar-refractivity contribution < 1.29 is 9.47 Å².